The Hall–Kier alpha value is -3.90. The molecule has 1 aliphatic heterocycles. The number of hydrogen-bond donors (Lipinski definition) is 0. The summed E-state index contributed by atoms with van der Waals surface area (Å²) in [6, 6.07) is 19.1. The third kappa shape index (κ3) is 4.63. The highest BCUT2D eigenvalue weighted by atomic mass is 16.5. The fourth-order valence-corrected chi connectivity index (χ4v) is 6.03. The second-order valence-electron chi connectivity index (χ2n) is 10.6. The molecule has 0 amide bonds. The third-order valence-electron chi connectivity index (χ3n) is 8.00. The van der Waals surface area contributed by atoms with Gasteiger partial charge in [-0.2, -0.15) is 5.10 Å². The van der Waals surface area contributed by atoms with E-state index >= 15 is 0 Å². The van der Waals surface area contributed by atoms with Crippen molar-refractivity contribution in [2.75, 3.05) is 13.2 Å². The number of ether oxygens (including phenoxy) is 2. The van der Waals surface area contributed by atoms with Crippen molar-refractivity contribution in [2.24, 2.45) is 7.05 Å². The van der Waals surface area contributed by atoms with Gasteiger partial charge >= 0.3 is 0 Å². The summed E-state index contributed by atoms with van der Waals surface area (Å²) in [4.78, 5) is 12.6. The summed E-state index contributed by atoms with van der Waals surface area (Å²) < 4.78 is 16.4. The van der Waals surface area contributed by atoms with E-state index in [2.05, 4.69) is 60.9 Å². The molecule has 0 N–H and O–H groups in total. The van der Waals surface area contributed by atoms with Crippen molar-refractivity contribution < 1.29 is 14.3 Å². The van der Waals surface area contributed by atoms with E-state index in [-0.39, 0.29) is 0 Å². The van der Waals surface area contributed by atoms with Gasteiger partial charge in [0.1, 0.15) is 5.75 Å². The van der Waals surface area contributed by atoms with Crippen molar-refractivity contribution in [1.82, 2.24) is 14.3 Å². The van der Waals surface area contributed by atoms with Crippen LogP contribution in [0, 0.1) is 13.8 Å². The monoisotopic (exact) mass is 521 g/mol. The summed E-state index contributed by atoms with van der Waals surface area (Å²) >= 11 is 0. The smallest absolute Gasteiger partial charge is 0.166 e. The molecule has 6 rings (SSSR count). The molecule has 0 saturated heterocycles. The molecule has 3 aromatic carbocycles. The fraction of sp³-hybridized carbons (Fsp3) is 0.333. The molecule has 0 radical (unpaired) electrons. The molecule has 0 aliphatic carbocycles. The molecule has 5 aromatic rings. The molecular formula is C33H35N3O3. The molecule has 0 unspecified atom stereocenters. The quantitative estimate of drug-likeness (QED) is 0.179. The predicted molar refractivity (Wildman–Crippen MR) is 156 cm³/mol. The van der Waals surface area contributed by atoms with Crippen LogP contribution < -0.4 is 4.74 Å². The van der Waals surface area contributed by atoms with E-state index in [1.165, 1.54) is 10.9 Å². The van der Waals surface area contributed by atoms with Crippen LogP contribution in [0.25, 0.3) is 32.8 Å². The van der Waals surface area contributed by atoms with Gasteiger partial charge in [0.25, 0.3) is 0 Å². The van der Waals surface area contributed by atoms with Gasteiger partial charge in [0.15, 0.2) is 6.29 Å². The number of rotatable bonds is 6. The van der Waals surface area contributed by atoms with E-state index < -0.39 is 0 Å². The molecule has 200 valence electrons. The minimum absolute atomic E-state index is 0.493. The molecular weight excluding hydrogens is 486 g/mol. The van der Waals surface area contributed by atoms with Crippen molar-refractivity contribution in [3.63, 3.8) is 0 Å². The third-order valence-corrected chi connectivity index (χ3v) is 8.00. The topological polar surface area (TPSA) is 58.3 Å². The average molecular weight is 522 g/mol. The number of hydrogen-bond acceptors (Lipinski definition) is 4. The summed E-state index contributed by atoms with van der Waals surface area (Å²) in [5, 5.41) is 8.24. The van der Waals surface area contributed by atoms with E-state index in [0.29, 0.717) is 19.8 Å². The van der Waals surface area contributed by atoms with E-state index in [1.807, 2.05) is 23.9 Å². The van der Waals surface area contributed by atoms with Gasteiger partial charge in [0.05, 0.1) is 30.1 Å². The highest BCUT2D eigenvalue weighted by Crippen LogP contribution is 2.38. The number of nitrogens with zero attached hydrogens (tertiary/aromatic N) is 3. The van der Waals surface area contributed by atoms with Gasteiger partial charge < -0.3 is 14.0 Å². The first-order chi connectivity index (χ1) is 19.1. The van der Waals surface area contributed by atoms with Crippen LogP contribution in [0.15, 0.2) is 54.6 Å². The largest absolute Gasteiger partial charge is 0.493 e. The minimum Gasteiger partial charge on any atom is -0.493 e. The first-order valence-electron chi connectivity index (χ1n) is 13.9. The van der Waals surface area contributed by atoms with Gasteiger partial charge in [0.2, 0.25) is 0 Å². The van der Waals surface area contributed by atoms with Crippen LogP contribution in [-0.4, -0.2) is 33.8 Å². The molecule has 0 fully saturated rings. The SMILES string of the molecule is Cc1ccc2c(OCCCc3c(C=O)n4c5c(cccc35)-c3c(nn(C)c3C)COCCCC4)cccc2c1. The van der Waals surface area contributed by atoms with E-state index in [4.69, 9.17) is 14.6 Å². The Labute approximate surface area is 229 Å². The number of aryl methyl sites for hydroxylation is 4. The maximum absolute atomic E-state index is 12.6. The summed E-state index contributed by atoms with van der Waals surface area (Å²) in [6.07, 6.45) is 4.52. The van der Waals surface area contributed by atoms with E-state index in [0.717, 1.165) is 94.3 Å². The molecule has 1 aliphatic rings. The Morgan fingerprint density at radius 2 is 1.92 bits per heavy atom. The van der Waals surface area contributed by atoms with Gasteiger partial charge in [-0.15, -0.1) is 0 Å². The molecule has 3 heterocycles. The maximum Gasteiger partial charge on any atom is 0.166 e. The van der Waals surface area contributed by atoms with Crippen LogP contribution >= 0.6 is 0 Å². The second kappa shape index (κ2) is 10.7. The standard InChI is InChI=1S/C33H35N3O3/c1-22-14-15-25-24(19-22)9-6-13-31(25)39-18-8-12-26-27-10-7-11-28-32-23(2)35(3)34-29(32)21-38-17-5-4-16-36(33(27)28)30(26)20-37/h6-7,9-11,13-15,19-20H,4-5,8,12,16-18,21H2,1-3H3. The summed E-state index contributed by atoms with van der Waals surface area (Å²) in [6.45, 7) is 6.75. The lowest BCUT2D eigenvalue weighted by Crippen LogP contribution is -2.06. The van der Waals surface area contributed by atoms with Crippen LogP contribution in [-0.2, 0) is 31.4 Å². The number of carbonyl (C=O) groups excluding carboxylic acids is 1. The Bertz CT molecular complexity index is 1680. The lowest BCUT2D eigenvalue weighted by atomic mass is 9.98. The number of aromatic nitrogens is 3. The van der Waals surface area contributed by atoms with Gasteiger partial charge in [-0.25, -0.2) is 0 Å². The highest BCUT2D eigenvalue weighted by molar-refractivity contribution is 6.02. The molecule has 2 aromatic heterocycles. The highest BCUT2D eigenvalue weighted by Gasteiger charge is 2.24. The summed E-state index contributed by atoms with van der Waals surface area (Å²) in [7, 11) is 1.98. The number of para-hydroxylation sites is 1. The normalized spacial score (nSPS) is 13.8. The summed E-state index contributed by atoms with van der Waals surface area (Å²) in [5.74, 6) is 0.907. The van der Waals surface area contributed by atoms with Crippen molar-refractivity contribution in [3.05, 3.63) is 82.8 Å². The number of aldehydes is 1. The van der Waals surface area contributed by atoms with Gasteiger partial charge in [-0.1, -0.05) is 54.1 Å². The average Bonchev–Trinajstić information content (AvgIpc) is 3.39. The first-order valence-corrected chi connectivity index (χ1v) is 13.9. The van der Waals surface area contributed by atoms with E-state index in [1.54, 1.807) is 0 Å². The minimum atomic E-state index is 0.493. The van der Waals surface area contributed by atoms with Gasteiger partial charge in [0, 0.05) is 47.8 Å². The molecule has 6 heteroatoms. The molecule has 0 bridgehead atoms. The van der Waals surface area contributed by atoms with Crippen molar-refractivity contribution in [2.45, 2.75) is 52.7 Å². The zero-order valence-corrected chi connectivity index (χ0v) is 23.0. The lowest BCUT2D eigenvalue weighted by molar-refractivity contribution is 0.111. The van der Waals surface area contributed by atoms with Crippen LogP contribution in [0.5, 0.6) is 5.75 Å². The van der Waals surface area contributed by atoms with Crippen LogP contribution in [0.1, 0.15) is 52.3 Å². The number of fused-ring (bicyclic) bond motifs is 3. The van der Waals surface area contributed by atoms with Gasteiger partial charge in [-0.3, -0.25) is 9.48 Å². The molecule has 0 spiro atoms. The second-order valence-corrected chi connectivity index (χ2v) is 10.6. The molecule has 0 saturated carbocycles. The van der Waals surface area contributed by atoms with E-state index in [9.17, 15) is 4.79 Å². The molecule has 6 nitrogen and oxygen atoms in total. The summed E-state index contributed by atoms with van der Waals surface area (Å²) in [5.41, 5.74) is 8.53. The Morgan fingerprint density at radius 1 is 1.05 bits per heavy atom. The van der Waals surface area contributed by atoms with Crippen LogP contribution in [0.2, 0.25) is 0 Å². The van der Waals surface area contributed by atoms with Crippen molar-refractivity contribution >= 4 is 28.0 Å². The van der Waals surface area contributed by atoms with Crippen LogP contribution in [0.4, 0.5) is 0 Å². The first kappa shape index (κ1) is 25.4. The number of benzene rings is 3. The zero-order chi connectivity index (χ0) is 26.9. The Morgan fingerprint density at radius 3 is 2.79 bits per heavy atom. The fourth-order valence-electron chi connectivity index (χ4n) is 6.03. The van der Waals surface area contributed by atoms with Crippen molar-refractivity contribution in [3.8, 4) is 16.9 Å². The van der Waals surface area contributed by atoms with Gasteiger partial charge in [-0.05, 0) is 56.5 Å². The Kier molecular flexibility index (Phi) is 6.96. The Balaban J connectivity index is 1.35. The lowest BCUT2D eigenvalue weighted by Gasteiger charge is -2.11. The predicted octanol–water partition coefficient (Wildman–Crippen LogP) is 6.95. The molecule has 39 heavy (non-hydrogen) atoms. The zero-order valence-electron chi connectivity index (χ0n) is 23.0. The van der Waals surface area contributed by atoms with Crippen LogP contribution in [0.3, 0.4) is 0 Å². The molecule has 0 atom stereocenters. The van der Waals surface area contributed by atoms with Crippen molar-refractivity contribution in [1.29, 1.82) is 0 Å². The maximum atomic E-state index is 12.6. The number of carbonyl (C=O) groups is 1.